The minimum atomic E-state index is -0.129. The van der Waals surface area contributed by atoms with E-state index in [2.05, 4.69) is 38.3 Å². The van der Waals surface area contributed by atoms with Crippen LogP contribution in [0.3, 0.4) is 0 Å². The molecule has 3 heterocycles. The largest absolute Gasteiger partial charge is 0.497 e. The molecule has 196 valence electrons. The molecule has 5 rings (SSSR count). The van der Waals surface area contributed by atoms with Crippen LogP contribution in [0.5, 0.6) is 5.75 Å². The summed E-state index contributed by atoms with van der Waals surface area (Å²) in [6, 6.07) is 21.6. The van der Waals surface area contributed by atoms with Crippen molar-refractivity contribution in [2.75, 3.05) is 43.1 Å². The molecule has 9 heteroatoms. The van der Waals surface area contributed by atoms with E-state index in [0.717, 1.165) is 59.9 Å². The highest BCUT2D eigenvalue weighted by atomic mass is 32.2. The summed E-state index contributed by atoms with van der Waals surface area (Å²) in [5.41, 5.74) is 3.81. The van der Waals surface area contributed by atoms with E-state index in [0.29, 0.717) is 17.9 Å². The summed E-state index contributed by atoms with van der Waals surface area (Å²) < 4.78 is 10.6. The van der Waals surface area contributed by atoms with Crippen LogP contribution in [0.4, 0.5) is 11.5 Å². The molecule has 4 aromatic rings. The number of hydrogen-bond acceptors (Lipinski definition) is 8. The Morgan fingerprint density at radius 2 is 1.79 bits per heavy atom. The van der Waals surface area contributed by atoms with Gasteiger partial charge in [-0.2, -0.15) is 0 Å². The summed E-state index contributed by atoms with van der Waals surface area (Å²) >= 11 is 1.58. The van der Waals surface area contributed by atoms with Gasteiger partial charge in [0.2, 0.25) is 0 Å². The number of ether oxygens (including phenoxy) is 1. The van der Waals surface area contributed by atoms with E-state index in [9.17, 15) is 4.79 Å². The fraction of sp³-hybridized carbons (Fsp3) is 0.276. The van der Waals surface area contributed by atoms with Gasteiger partial charge >= 0.3 is 0 Å². The van der Waals surface area contributed by atoms with E-state index in [1.807, 2.05) is 49.4 Å². The molecule has 0 saturated carbocycles. The van der Waals surface area contributed by atoms with E-state index in [1.165, 1.54) is 5.69 Å². The highest BCUT2D eigenvalue weighted by Gasteiger charge is 2.19. The molecule has 1 N–H and O–H groups in total. The maximum atomic E-state index is 12.6. The van der Waals surface area contributed by atoms with Crippen molar-refractivity contribution >= 4 is 29.2 Å². The number of furan rings is 1. The molecule has 2 aromatic carbocycles. The number of carbonyl (C=O) groups excluding carboxylic acids is 1. The third kappa shape index (κ3) is 6.47. The van der Waals surface area contributed by atoms with Gasteiger partial charge in [-0.05, 0) is 61.0 Å². The SMILES string of the molecule is COc1ccc(N2CCN(c3cc(C)nc(SCc4cccc(C(=O)NCc5ccco5)c4)n3)CC2)cc1. The minimum absolute atomic E-state index is 0.129. The molecule has 0 unspecified atom stereocenters. The summed E-state index contributed by atoms with van der Waals surface area (Å²) in [4.78, 5) is 26.8. The van der Waals surface area contributed by atoms with Crippen molar-refractivity contribution in [3.63, 3.8) is 0 Å². The number of aryl methyl sites for hydroxylation is 1. The quantitative estimate of drug-likeness (QED) is 0.241. The second-order valence-electron chi connectivity index (χ2n) is 9.07. The molecule has 0 spiro atoms. The molecule has 0 radical (unpaired) electrons. The van der Waals surface area contributed by atoms with Gasteiger partial charge < -0.3 is 24.3 Å². The number of amides is 1. The zero-order chi connectivity index (χ0) is 26.3. The third-order valence-electron chi connectivity index (χ3n) is 6.42. The van der Waals surface area contributed by atoms with Crippen molar-refractivity contribution in [2.45, 2.75) is 24.4 Å². The van der Waals surface area contributed by atoms with E-state index in [4.69, 9.17) is 14.1 Å². The lowest BCUT2D eigenvalue weighted by molar-refractivity contribution is 0.0948. The Balaban J connectivity index is 1.17. The Bertz CT molecular complexity index is 1350. The van der Waals surface area contributed by atoms with E-state index in [1.54, 1.807) is 31.2 Å². The lowest BCUT2D eigenvalue weighted by atomic mass is 10.1. The number of methoxy groups -OCH3 is 1. The second-order valence-corrected chi connectivity index (χ2v) is 10.0. The Morgan fingerprint density at radius 1 is 1.00 bits per heavy atom. The third-order valence-corrected chi connectivity index (χ3v) is 7.34. The summed E-state index contributed by atoms with van der Waals surface area (Å²) in [6.07, 6.45) is 1.60. The van der Waals surface area contributed by atoms with Gasteiger partial charge in [-0.15, -0.1) is 0 Å². The van der Waals surface area contributed by atoms with E-state index in [-0.39, 0.29) is 5.91 Å². The van der Waals surface area contributed by atoms with Crippen LogP contribution in [0.25, 0.3) is 0 Å². The number of thioether (sulfide) groups is 1. The average molecular weight is 530 g/mol. The molecule has 38 heavy (non-hydrogen) atoms. The summed E-state index contributed by atoms with van der Waals surface area (Å²) in [6.45, 7) is 5.99. The van der Waals surface area contributed by atoms with Crippen molar-refractivity contribution in [2.24, 2.45) is 0 Å². The lowest BCUT2D eigenvalue weighted by Gasteiger charge is -2.36. The molecule has 1 saturated heterocycles. The van der Waals surface area contributed by atoms with E-state index >= 15 is 0 Å². The standard InChI is InChI=1S/C29H31N5O3S/c1-21-17-27(34-14-12-33(13-15-34)24-8-10-25(36-2)11-9-24)32-29(31-21)38-20-22-5-3-6-23(18-22)28(35)30-19-26-7-4-16-37-26/h3-11,16-18H,12-15,19-20H2,1-2H3,(H,30,35). The first-order valence-electron chi connectivity index (χ1n) is 12.6. The first kappa shape index (κ1) is 25.7. The topological polar surface area (TPSA) is 83.7 Å². The smallest absolute Gasteiger partial charge is 0.251 e. The normalized spacial score (nSPS) is 13.4. The molecule has 2 aromatic heterocycles. The molecule has 0 bridgehead atoms. The number of nitrogens with one attached hydrogen (secondary N) is 1. The van der Waals surface area contributed by atoms with Crippen molar-refractivity contribution in [3.8, 4) is 5.75 Å². The van der Waals surface area contributed by atoms with Crippen LogP contribution >= 0.6 is 11.8 Å². The predicted octanol–water partition coefficient (Wildman–Crippen LogP) is 4.94. The zero-order valence-electron chi connectivity index (χ0n) is 21.6. The zero-order valence-corrected chi connectivity index (χ0v) is 22.4. The van der Waals surface area contributed by atoms with Gasteiger partial charge in [-0.3, -0.25) is 4.79 Å². The van der Waals surface area contributed by atoms with Gasteiger partial charge in [0, 0.05) is 54.9 Å². The van der Waals surface area contributed by atoms with Crippen molar-refractivity contribution < 1.29 is 13.9 Å². The van der Waals surface area contributed by atoms with Crippen molar-refractivity contribution in [1.82, 2.24) is 15.3 Å². The summed E-state index contributed by atoms with van der Waals surface area (Å²) in [5.74, 6) is 3.10. The number of nitrogens with zero attached hydrogens (tertiary/aromatic N) is 4. The molecule has 0 aliphatic carbocycles. The van der Waals surface area contributed by atoms with Crippen LogP contribution < -0.4 is 19.9 Å². The van der Waals surface area contributed by atoms with Gasteiger partial charge in [0.05, 0.1) is 19.9 Å². The molecule has 0 atom stereocenters. The summed E-state index contributed by atoms with van der Waals surface area (Å²) in [5, 5.41) is 3.63. The highest BCUT2D eigenvalue weighted by molar-refractivity contribution is 7.98. The summed E-state index contributed by atoms with van der Waals surface area (Å²) in [7, 11) is 1.69. The van der Waals surface area contributed by atoms with Crippen molar-refractivity contribution in [1.29, 1.82) is 0 Å². The second kappa shape index (κ2) is 12.0. The first-order chi connectivity index (χ1) is 18.6. The Kier molecular flexibility index (Phi) is 8.13. The van der Waals surface area contributed by atoms with Crippen LogP contribution in [-0.4, -0.2) is 49.2 Å². The van der Waals surface area contributed by atoms with Gasteiger partial charge in [0.1, 0.15) is 17.3 Å². The monoisotopic (exact) mass is 529 g/mol. The minimum Gasteiger partial charge on any atom is -0.497 e. The maximum absolute atomic E-state index is 12.6. The maximum Gasteiger partial charge on any atom is 0.251 e. The van der Waals surface area contributed by atoms with Gasteiger partial charge in [-0.1, -0.05) is 23.9 Å². The van der Waals surface area contributed by atoms with Crippen LogP contribution in [-0.2, 0) is 12.3 Å². The highest BCUT2D eigenvalue weighted by Crippen LogP contribution is 2.25. The number of piperazine rings is 1. The number of rotatable bonds is 9. The Hall–Kier alpha value is -3.98. The average Bonchev–Trinajstić information content (AvgIpc) is 3.49. The van der Waals surface area contributed by atoms with Gasteiger partial charge in [0.15, 0.2) is 5.16 Å². The Morgan fingerprint density at radius 3 is 2.53 bits per heavy atom. The Labute approximate surface area is 227 Å². The van der Waals surface area contributed by atoms with E-state index < -0.39 is 0 Å². The fourth-order valence-electron chi connectivity index (χ4n) is 4.37. The fourth-order valence-corrected chi connectivity index (χ4v) is 5.21. The van der Waals surface area contributed by atoms with Crippen LogP contribution in [0.1, 0.15) is 27.4 Å². The molecule has 8 nitrogen and oxygen atoms in total. The molecular formula is C29H31N5O3S. The number of aromatic nitrogens is 2. The molecular weight excluding hydrogens is 498 g/mol. The van der Waals surface area contributed by atoms with Crippen LogP contribution in [0.15, 0.2) is 82.6 Å². The first-order valence-corrected chi connectivity index (χ1v) is 13.6. The van der Waals surface area contributed by atoms with Crippen molar-refractivity contribution in [3.05, 3.63) is 95.6 Å². The van der Waals surface area contributed by atoms with Gasteiger partial charge in [0.25, 0.3) is 5.91 Å². The number of anilines is 2. The number of carbonyl (C=O) groups is 1. The van der Waals surface area contributed by atoms with Crippen LogP contribution in [0.2, 0.25) is 0 Å². The van der Waals surface area contributed by atoms with Gasteiger partial charge in [-0.25, -0.2) is 9.97 Å². The van der Waals surface area contributed by atoms with Crippen LogP contribution in [0, 0.1) is 6.92 Å². The molecule has 1 aliphatic rings. The number of hydrogen-bond donors (Lipinski definition) is 1. The molecule has 1 aliphatic heterocycles. The predicted molar refractivity (Wildman–Crippen MR) is 150 cm³/mol. The molecule has 1 amide bonds. The molecule has 1 fully saturated rings. The number of benzene rings is 2. The lowest BCUT2D eigenvalue weighted by Crippen LogP contribution is -2.46.